The highest BCUT2D eigenvalue weighted by atomic mass is 16.4. The molecule has 18 heavy (non-hydrogen) atoms. The monoisotopic (exact) mass is 247 g/mol. The number of aromatic nitrogens is 2. The molecule has 2 heterocycles. The van der Waals surface area contributed by atoms with Gasteiger partial charge in [-0.25, -0.2) is 9.97 Å². The first-order valence-corrected chi connectivity index (χ1v) is 6.37. The van der Waals surface area contributed by atoms with Crippen LogP contribution < -0.4 is 4.90 Å². The van der Waals surface area contributed by atoms with Gasteiger partial charge in [0, 0.05) is 30.3 Å². The first kappa shape index (κ1) is 11.4. The molecule has 5 nitrogen and oxygen atoms in total. The maximum absolute atomic E-state index is 11.4. The van der Waals surface area contributed by atoms with E-state index in [4.69, 9.17) is 0 Å². The summed E-state index contributed by atoms with van der Waals surface area (Å²) < 4.78 is 0. The molecule has 0 amide bonds. The third-order valence-corrected chi connectivity index (χ3v) is 4.41. The second kappa shape index (κ2) is 3.93. The topological polar surface area (TPSA) is 66.3 Å². The van der Waals surface area contributed by atoms with Gasteiger partial charge in [-0.1, -0.05) is 6.42 Å². The Bertz CT molecular complexity index is 485. The van der Waals surface area contributed by atoms with Gasteiger partial charge in [-0.15, -0.1) is 0 Å². The predicted molar refractivity (Wildman–Crippen MR) is 66.4 cm³/mol. The minimum Gasteiger partial charge on any atom is -0.481 e. The van der Waals surface area contributed by atoms with Crippen molar-refractivity contribution in [1.82, 2.24) is 9.97 Å². The van der Waals surface area contributed by atoms with E-state index in [0.29, 0.717) is 6.54 Å². The van der Waals surface area contributed by atoms with Gasteiger partial charge in [-0.2, -0.15) is 0 Å². The highest BCUT2D eigenvalue weighted by Gasteiger charge is 2.53. The fraction of sp³-hybridized carbons (Fsp3) is 0.615. The molecule has 1 aliphatic carbocycles. The summed E-state index contributed by atoms with van der Waals surface area (Å²) in [5.74, 6) is -0.0537. The molecular formula is C13H17N3O2. The molecule has 96 valence electrons. The Kier molecular flexibility index (Phi) is 2.50. The van der Waals surface area contributed by atoms with Gasteiger partial charge in [0.1, 0.15) is 12.1 Å². The molecule has 1 saturated heterocycles. The summed E-state index contributed by atoms with van der Waals surface area (Å²) in [5.41, 5.74) is 0.909. The molecule has 1 aromatic heterocycles. The van der Waals surface area contributed by atoms with Crippen LogP contribution in [-0.4, -0.2) is 34.1 Å². The number of carbonyl (C=O) groups is 1. The van der Waals surface area contributed by atoms with Crippen molar-refractivity contribution in [1.29, 1.82) is 0 Å². The summed E-state index contributed by atoms with van der Waals surface area (Å²) in [6.07, 6.45) is 4.77. The number of carboxylic acids is 1. The second-order valence-corrected chi connectivity index (χ2v) is 5.50. The zero-order valence-corrected chi connectivity index (χ0v) is 10.5. The maximum Gasteiger partial charge on any atom is 0.308 e. The number of hydrogen-bond donors (Lipinski definition) is 1. The molecule has 1 atom stereocenters. The second-order valence-electron chi connectivity index (χ2n) is 5.50. The molecule has 2 aliphatic rings. The summed E-state index contributed by atoms with van der Waals surface area (Å²) in [6, 6.07) is 1.93. The summed E-state index contributed by atoms with van der Waals surface area (Å²) in [5, 5.41) is 9.37. The van der Waals surface area contributed by atoms with Crippen molar-refractivity contribution in [2.24, 2.45) is 11.3 Å². The van der Waals surface area contributed by atoms with Crippen molar-refractivity contribution in [3.05, 3.63) is 18.1 Å². The van der Waals surface area contributed by atoms with Crippen molar-refractivity contribution in [2.45, 2.75) is 26.2 Å². The third kappa shape index (κ3) is 1.65. The van der Waals surface area contributed by atoms with Gasteiger partial charge in [-0.05, 0) is 19.8 Å². The van der Waals surface area contributed by atoms with Crippen LogP contribution in [0.15, 0.2) is 12.4 Å². The standard InChI is InChI=1S/C13H17N3O2/c1-9-5-11(15-8-14-9)16-6-10(12(17)18)13(7-16)3-2-4-13/h5,8,10H,2-4,6-7H2,1H3,(H,17,18)/t10-/m1/s1. The molecule has 0 bridgehead atoms. The number of anilines is 1. The quantitative estimate of drug-likeness (QED) is 0.857. The average molecular weight is 247 g/mol. The van der Waals surface area contributed by atoms with Gasteiger partial charge < -0.3 is 10.0 Å². The van der Waals surface area contributed by atoms with Gasteiger partial charge in [0.25, 0.3) is 0 Å². The van der Waals surface area contributed by atoms with Gasteiger partial charge in [0.15, 0.2) is 0 Å². The van der Waals surface area contributed by atoms with E-state index in [1.165, 1.54) is 0 Å². The van der Waals surface area contributed by atoms with Gasteiger partial charge in [0.2, 0.25) is 0 Å². The van der Waals surface area contributed by atoms with E-state index in [1.54, 1.807) is 6.33 Å². The molecule has 1 N–H and O–H groups in total. The van der Waals surface area contributed by atoms with Crippen LogP contribution in [0, 0.1) is 18.3 Å². The number of hydrogen-bond acceptors (Lipinski definition) is 4. The number of aliphatic carboxylic acids is 1. The highest BCUT2D eigenvalue weighted by molar-refractivity contribution is 5.73. The van der Waals surface area contributed by atoms with E-state index in [2.05, 4.69) is 14.9 Å². The molecule has 1 spiro atoms. The van der Waals surface area contributed by atoms with Crippen LogP contribution in [0.5, 0.6) is 0 Å². The lowest BCUT2D eigenvalue weighted by atomic mass is 9.63. The average Bonchev–Trinajstić information content (AvgIpc) is 2.69. The zero-order valence-electron chi connectivity index (χ0n) is 10.5. The van der Waals surface area contributed by atoms with Gasteiger partial charge in [-0.3, -0.25) is 4.79 Å². The minimum atomic E-state index is -0.664. The van der Waals surface area contributed by atoms with Crippen LogP contribution in [-0.2, 0) is 4.79 Å². The molecule has 1 aliphatic heterocycles. The Labute approximate surface area is 106 Å². The van der Waals surface area contributed by atoms with Gasteiger partial charge in [0.05, 0.1) is 5.92 Å². The molecule has 0 aromatic carbocycles. The molecule has 0 radical (unpaired) electrons. The molecule has 1 aromatic rings. The molecule has 5 heteroatoms. The van der Waals surface area contributed by atoms with Crippen molar-refractivity contribution in [2.75, 3.05) is 18.0 Å². The van der Waals surface area contributed by atoms with Crippen LogP contribution >= 0.6 is 0 Å². The fourth-order valence-electron chi connectivity index (χ4n) is 3.23. The summed E-state index contributed by atoms with van der Waals surface area (Å²) in [7, 11) is 0. The lowest BCUT2D eigenvalue weighted by Gasteiger charge is -2.41. The Morgan fingerprint density at radius 1 is 1.50 bits per heavy atom. The van der Waals surface area contributed by atoms with Crippen LogP contribution in [0.4, 0.5) is 5.82 Å². The molecule has 0 unspecified atom stereocenters. The lowest BCUT2D eigenvalue weighted by molar-refractivity contribution is -0.146. The van der Waals surface area contributed by atoms with Crippen molar-refractivity contribution in [3.63, 3.8) is 0 Å². The number of rotatable bonds is 2. The largest absolute Gasteiger partial charge is 0.481 e. The zero-order chi connectivity index (χ0) is 12.8. The number of carboxylic acid groups (broad SMARTS) is 1. The Morgan fingerprint density at radius 2 is 2.28 bits per heavy atom. The number of aryl methyl sites for hydroxylation is 1. The fourth-order valence-corrected chi connectivity index (χ4v) is 3.23. The van der Waals surface area contributed by atoms with Crippen molar-refractivity contribution in [3.8, 4) is 0 Å². The maximum atomic E-state index is 11.4. The SMILES string of the molecule is Cc1cc(N2C[C@H](C(=O)O)C3(CCC3)C2)ncn1. The molecule has 2 fully saturated rings. The number of nitrogens with zero attached hydrogens (tertiary/aromatic N) is 3. The molecular weight excluding hydrogens is 230 g/mol. The normalized spacial score (nSPS) is 25.2. The Morgan fingerprint density at radius 3 is 2.78 bits per heavy atom. The third-order valence-electron chi connectivity index (χ3n) is 4.41. The van der Waals surface area contributed by atoms with Gasteiger partial charge >= 0.3 is 5.97 Å². The summed E-state index contributed by atoms with van der Waals surface area (Å²) in [6.45, 7) is 3.32. The Balaban J connectivity index is 1.86. The van der Waals surface area contributed by atoms with Crippen molar-refractivity contribution >= 4 is 11.8 Å². The summed E-state index contributed by atoms with van der Waals surface area (Å²) >= 11 is 0. The molecule has 3 rings (SSSR count). The minimum absolute atomic E-state index is 0.00924. The predicted octanol–water partition coefficient (Wildman–Crippen LogP) is 1.48. The lowest BCUT2D eigenvalue weighted by Crippen LogP contribution is -2.40. The van der Waals surface area contributed by atoms with E-state index in [0.717, 1.165) is 37.3 Å². The smallest absolute Gasteiger partial charge is 0.308 e. The highest BCUT2D eigenvalue weighted by Crippen LogP contribution is 2.52. The van der Waals surface area contributed by atoms with E-state index in [-0.39, 0.29) is 11.3 Å². The van der Waals surface area contributed by atoms with Crippen LogP contribution in [0.2, 0.25) is 0 Å². The van der Waals surface area contributed by atoms with Crippen LogP contribution in [0.25, 0.3) is 0 Å². The first-order valence-electron chi connectivity index (χ1n) is 6.37. The van der Waals surface area contributed by atoms with Crippen molar-refractivity contribution < 1.29 is 9.90 Å². The Hall–Kier alpha value is -1.65. The van der Waals surface area contributed by atoms with E-state index in [9.17, 15) is 9.90 Å². The first-order chi connectivity index (χ1) is 8.61. The van der Waals surface area contributed by atoms with E-state index >= 15 is 0 Å². The molecule has 1 saturated carbocycles. The van der Waals surface area contributed by atoms with E-state index in [1.807, 2.05) is 13.0 Å². The van der Waals surface area contributed by atoms with E-state index < -0.39 is 5.97 Å². The summed E-state index contributed by atoms with van der Waals surface area (Å²) in [4.78, 5) is 21.8. The van der Waals surface area contributed by atoms with Crippen LogP contribution in [0.3, 0.4) is 0 Å². The van der Waals surface area contributed by atoms with Crippen LogP contribution in [0.1, 0.15) is 25.0 Å².